The van der Waals surface area contributed by atoms with Crippen LogP contribution >= 0.6 is 11.3 Å². The third-order valence-corrected chi connectivity index (χ3v) is 4.80. The molecule has 4 nitrogen and oxygen atoms in total. The molecule has 128 valence electrons. The zero-order valence-electron chi connectivity index (χ0n) is 14.2. The molecule has 0 radical (unpaired) electrons. The fourth-order valence-corrected chi connectivity index (χ4v) is 3.43. The fraction of sp³-hybridized carbons (Fsp3) is 0.0476. The molecule has 3 aromatic carbocycles. The first-order valence-corrected chi connectivity index (χ1v) is 9.08. The van der Waals surface area contributed by atoms with E-state index in [0.717, 1.165) is 27.7 Å². The molecule has 0 aliphatic rings. The number of hydrogen-bond acceptors (Lipinski definition) is 5. The molecule has 4 rings (SSSR count). The summed E-state index contributed by atoms with van der Waals surface area (Å²) in [6.45, 7) is 0. The van der Waals surface area contributed by atoms with E-state index >= 15 is 0 Å². The quantitative estimate of drug-likeness (QED) is 0.382. The Hall–Kier alpha value is -3.18. The van der Waals surface area contributed by atoms with Crippen LogP contribution in [0.3, 0.4) is 0 Å². The van der Waals surface area contributed by atoms with Crippen LogP contribution in [-0.4, -0.2) is 18.3 Å². The van der Waals surface area contributed by atoms with Crippen molar-refractivity contribution in [3.8, 4) is 17.0 Å². The van der Waals surface area contributed by atoms with Gasteiger partial charge in [-0.1, -0.05) is 54.6 Å². The average Bonchev–Trinajstić information content (AvgIpc) is 3.17. The van der Waals surface area contributed by atoms with Crippen LogP contribution in [0.25, 0.3) is 22.0 Å². The molecule has 0 aliphatic heterocycles. The lowest BCUT2D eigenvalue weighted by Gasteiger charge is -2.02. The van der Waals surface area contributed by atoms with E-state index in [0.29, 0.717) is 0 Å². The van der Waals surface area contributed by atoms with Crippen LogP contribution in [0.1, 0.15) is 5.56 Å². The van der Waals surface area contributed by atoms with Gasteiger partial charge in [-0.05, 0) is 22.9 Å². The Kier molecular flexibility index (Phi) is 4.62. The summed E-state index contributed by atoms with van der Waals surface area (Å²) >= 11 is 1.52. The first kappa shape index (κ1) is 16.3. The van der Waals surface area contributed by atoms with Crippen molar-refractivity contribution in [1.82, 2.24) is 4.98 Å². The fourth-order valence-electron chi connectivity index (χ4n) is 2.76. The molecule has 5 heteroatoms. The van der Waals surface area contributed by atoms with E-state index in [9.17, 15) is 0 Å². The maximum Gasteiger partial charge on any atom is 0.203 e. The lowest BCUT2D eigenvalue weighted by atomic mass is 10.1. The molecule has 0 atom stereocenters. The minimum absolute atomic E-state index is 0.749. The van der Waals surface area contributed by atoms with Crippen molar-refractivity contribution in [1.29, 1.82) is 0 Å². The molecule has 26 heavy (non-hydrogen) atoms. The summed E-state index contributed by atoms with van der Waals surface area (Å²) in [4.78, 5) is 4.59. The third-order valence-electron chi connectivity index (χ3n) is 4.06. The van der Waals surface area contributed by atoms with Crippen LogP contribution < -0.4 is 10.2 Å². The van der Waals surface area contributed by atoms with Crippen molar-refractivity contribution in [3.05, 3.63) is 77.7 Å². The maximum atomic E-state index is 5.27. The number of methoxy groups -OCH3 is 1. The van der Waals surface area contributed by atoms with E-state index in [1.807, 2.05) is 54.1 Å². The highest BCUT2D eigenvalue weighted by Gasteiger charge is 2.05. The van der Waals surface area contributed by atoms with Crippen molar-refractivity contribution >= 4 is 33.5 Å². The average molecular weight is 359 g/mol. The summed E-state index contributed by atoms with van der Waals surface area (Å²) in [6.07, 6.45) is 1.83. The van der Waals surface area contributed by atoms with E-state index in [1.54, 1.807) is 7.11 Å². The van der Waals surface area contributed by atoms with Gasteiger partial charge in [-0.2, -0.15) is 5.10 Å². The number of thiazole rings is 1. The molecule has 0 bridgehead atoms. The summed E-state index contributed by atoms with van der Waals surface area (Å²) in [7, 11) is 1.66. The minimum Gasteiger partial charge on any atom is -0.497 e. The normalized spacial score (nSPS) is 11.1. The maximum absolute atomic E-state index is 5.27. The zero-order valence-corrected chi connectivity index (χ0v) is 15.0. The molecule has 1 heterocycles. The first-order chi connectivity index (χ1) is 12.8. The molecule has 1 N–H and O–H groups in total. The van der Waals surface area contributed by atoms with Gasteiger partial charge >= 0.3 is 0 Å². The largest absolute Gasteiger partial charge is 0.497 e. The highest BCUT2D eigenvalue weighted by Crippen LogP contribution is 2.27. The van der Waals surface area contributed by atoms with Crippen LogP contribution in [0.4, 0.5) is 5.13 Å². The van der Waals surface area contributed by atoms with E-state index in [2.05, 4.69) is 39.8 Å². The Balaban J connectivity index is 1.51. The molecule has 0 unspecified atom stereocenters. The molecule has 0 amide bonds. The number of hydrogen-bond donors (Lipinski definition) is 1. The summed E-state index contributed by atoms with van der Waals surface area (Å²) in [5.74, 6) is 0.819. The zero-order chi connectivity index (χ0) is 17.8. The van der Waals surface area contributed by atoms with E-state index in [1.165, 1.54) is 22.1 Å². The number of ether oxygens (including phenoxy) is 1. The lowest BCUT2D eigenvalue weighted by molar-refractivity contribution is 0.415. The van der Waals surface area contributed by atoms with Gasteiger partial charge in [-0.3, -0.25) is 5.43 Å². The highest BCUT2D eigenvalue weighted by molar-refractivity contribution is 7.14. The molecule has 4 aromatic rings. The number of anilines is 1. The van der Waals surface area contributed by atoms with Crippen LogP contribution in [0.5, 0.6) is 5.75 Å². The van der Waals surface area contributed by atoms with Gasteiger partial charge in [0.15, 0.2) is 0 Å². The molecule has 0 saturated carbocycles. The Bertz CT molecular complexity index is 1070. The summed E-state index contributed by atoms with van der Waals surface area (Å²) in [5, 5.41) is 9.48. The number of fused-ring (bicyclic) bond motifs is 1. The molecule has 0 saturated heterocycles. The lowest BCUT2D eigenvalue weighted by Crippen LogP contribution is -1.91. The van der Waals surface area contributed by atoms with Crippen LogP contribution in [0.15, 0.2) is 77.2 Å². The number of nitrogens with zero attached hydrogens (tertiary/aromatic N) is 2. The van der Waals surface area contributed by atoms with Gasteiger partial charge < -0.3 is 4.74 Å². The number of rotatable bonds is 5. The van der Waals surface area contributed by atoms with Crippen molar-refractivity contribution in [2.24, 2.45) is 5.10 Å². The van der Waals surface area contributed by atoms with E-state index < -0.39 is 0 Å². The number of nitrogens with one attached hydrogen (secondary N) is 1. The Morgan fingerprint density at radius 3 is 2.81 bits per heavy atom. The highest BCUT2D eigenvalue weighted by atomic mass is 32.1. The van der Waals surface area contributed by atoms with Crippen LogP contribution in [-0.2, 0) is 0 Å². The number of hydrazone groups is 1. The molecule has 0 aliphatic carbocycles. The second-order valence-electron chi connectivity index (χ2n) is 5.71. The summed E-state index contributed by atoms with van der Waals surface area (Å²) < 4.78 is 5.27. The van der Waals surface area contributed by atoms with Gasteiger partial charge in [0.25, 0.3) is 0 Å². The van der Waals surface area contributed by atoms with E-state index in [4.69, 9.17) is 4.74 Å². The van der Waals surface area contributed by atoms with Gasteiger partial charge in [0.2, 0.25) is 5.13 Å². The van der Waals surface area contributed by atoms with Gasteiger partial charge in [0.1, 0.15) is 5.75 Å². The summed E-state index contributed by atoms with van der Waals surface area (Å²) in [5.41, 5.74) is 6.01. The van der Waals surface area contributed by atoms with Crippen molar-refractivity contribution in [2.45, 2.75) is 0 Å². The SMILES string of the molecule is COc1cccc(-c2csc(N/N=C/c3cccc4ccccc34)n2)c1. The van der Waals surface area contributed by atoms with Gasteiger partial charge in [0.05, 0.1) is 19.0 Å². The van der Waals surface area contributed by atoms with Gasteiger partial charge in [-0.25, -0.2) is 4.98 Å². The topological polar surface area (TPSA) is 46.5 Å². The Morgan fingerprint density at radius 2 is 1.88 bits per heavy atom. The second-order valence-corrected chi connectivity index (χ2v) is 6.57. The van der Waals surface area contributed by atoms with E-state index in [-0.39, 0.29) is 0 Å². The first-order valence-electron chi connectivity index (χ1n) is 8.20. The minimum atomic E-state index is 0.749. The van der Waals surface area contributed by atoms with Gasteiger partial charge in [-0.15, -0.1) is 11.3 Å². The monoisotopic (exact) mass is 359 g/mol. The Labute approximate surface area is 155 Å². The van der Waals surface area contributed by atoms with Crippen molar-refractivity contribution in [3.63, 3.8) is 0 Å². The number of benzene rings is 3. The predicted molar refractivity (Wildman–Crippen MR) is 109 cm³/mol. The standard InChI is InChI=1S/C21H17N3OS/c1-25-18-10-5-8-16(12-18)20-14-26-21(23-20)24-22-13-17-9-4-7-15-6-2-3-11-19(15)17/h2-14H,1H3,(H,23,24)/b22-13+. The predicted octanol–water partition coefficient (Wildman–Crippen LogP) is 5.42. The smallest absolute Gasteiger partial charge is 0.203 e. The van der Waals surface area contributed by atoms with Crippen molar-refractivity contribution < 1.29 is 4.74 Å². The number of aromatic nitrogens is 1. The third kappa shape index (κ3) is 3.43. The molecular formula is C21H17N3OS. The summed E-state index contributed by atoms with van der Waals surface area (Å²) in [6, 6.07) is 22.3. The molecular weight excluding hydrogens is 342 g/mol. The second kappa shape index (κ2) is 7.37. The molecule has 1 aromatic heterocycles. The molecule has 0 fully saturated rings. The van der Waals surface area contributed by atoms with Crippen LogP contribution in [0, 0.1) is 0 Å². The van der Waals surface area contributed by atoms with Crippen molar-refractivity contribution in [2.75, 3.05) is 12.5 Å². The van der Waals surface area contributed by atoms with Gasteiger partial charge in [0, 0.05) is 16.5 Å². The Morgan fingerprint density at radius 1 is 1.04 bits per heavy atom. The van der Waals surface area contributed by atoms with Crippen LogP contribution in [0.2, 0.25) is 0 Å². The molecule has 0 spiro atoms.